The monoisotopic (exact) mass is 704 g/mol. The first-order chi connectivity index (χ1) is 24.2. The Hall–Kier alpha value is -5.36. The minimum atomic E-state index is -0.795. The number of nitrogens with one attached hydrogen (secondary N) is 1. The van der Waals surface area contributed by atoms with Gasteiger partial charge in [-0.2, -0.15) is 0 Å². The number of aryl methyl sites for hydroxylation is 2. The predicted octanol–water partition coefficient (Wildman–Crippen LogP) is 7.91. The van der Waals surface area contributed by atoms with Crippen LogP contribution in [0, 0.1) is 0 Å². The van der Waals surface area contributed by atoms with E-state index < -0.39 is 18.2 Å². The lowest BCUT2D eigenvalue weighted by atomic mass is 10.0. The molecule has 2 aromatic carbocycles. The molecule has 5 heterocycles. The maximum absolute atomic E-state index is 12.3. The van der Waals surface area contributed by atoms with Gasteiger partial charge in [0.2, 0.25) is 5.91 Å². The molecule has 0 radical (unpaired) electrons. The molecule has 3 amide bonds. The fourth-order valence-electron chi connectivity index (χ4n) is 5.40. The van der Waals surface area contributed by atoms with Gasteiger partial charge in [0, 0.05) is 32.5 Å². The topological polar surface area (TPSA) is 158 Å². The predicted molar refractivity (Wildman–Crippen MR) is 189 cm³/mol. The van der Waals surface area contributed by atoms with Gasteiger partial charge in [-0.1, -0.05) is 68.1 Å². The summed E-state index contributed by atoms with van der Waals surface area (Å²) < 4.78 is 25.6. The van der Waals surface area contributed by atoms with Crippen molar-refractivity contribution >= 4 is 24.1 Å². The summed E-state index contributed by atoms with van der Waals surface area (Å²) in [6.07, 6.45) is 5.49. The van der Waals surface area contributed by atoms with Crippen molar-refractivity contribution < 1.29 is 47.3 Å². The van der Waals surface area contributed by atoms with Crippen LogP contribution in [0.2, 0.25) is 0 Å². The molecule has 51 heavy (non-hydrogen) atoms. The highest BCUT2D eigenvalue weighted by molar-refractivity contribution is 5.93. The highest BCUT2D eigenvalue weighted by Crippen LogP contribution is 2.32. The molecule has 3 aliphatic rings. The second-order valence-electron chi connectivity index (χ2n) is 11.8. The van der Waals surface area contributed by atoms with Crippen molar-refractivity contribution in [3.05, 3.63) is 120 Å². The van der Waals surface area contributed by atoms with Crippen LogP contribution in [0.3, 0.4) is 0 Å². The van der Waals surface area contributed by atoms with E-state index in [4.69, 9.17) is 28.2 Å². The molecule has 4 atom stereocenters. The van der Waals surface area contributed by atoms with E-state index in [1.807, 2.05) is 80.6 Å². The van der Waals surface area contributed by atoms with Gasteiger partial charge in [0.25, 0.3) is 0 Å². The van der Waals surface area contributed by atoms with Gasteiger partial charge in [0.1, 0.15) is 23.7 Å². The number of amides is 3. The van der Waals surface area contributed by atoms with Crippen molar-refractivity contribution in [1.82, 2.24) is 10.2 Å². The zero-order valence-electron chi connectivity index (χ0n) is 28.3. The highest BCUT2D eigenvalue weighted by atomic mass is 16.6. The number of hydrogen-bond donors (Lipinski definition) is 2. The van der Waals surface area contributed by atoms with Crippen molar-refractivity contribution in [2.24, 2.45) is 0 Å². The number of nitrogens with zero attached hydrogens (tertiary/aromatic N) is 1. The fourth-order valence-corrected chi connectivity index (χ4v) is 5.40. The van der Waals surface area contributed by atoms with Gasteiger partial charge in [0.15, 0.2) is 0 Å². The van der Waals surface area contributed by atoms with Gasteiger partial charge in [0.05, 0.1) is 31.0 Å². The third-order valence-corrected chi connectivity index (χ3v) is 7.99. The Morgan fingerprint density at radius 2 is 1.27 bits per heavy atom. The second kappa shape index (κ2) is 21.0. The normalized spacial score (nSPS) is 20.1. The van der Waals surface area contributed by atoms with Gasteiger partial charge in [-0.15, -0.1) is 0 Å². The summed E-state index contributed by atoms with van der Waals surface area (Å²) in [6, 6.07) is 26.0. The molecule has 3 saturated heterocycles. The van der Waals surface area contributed by atoms with E-state index in [9.17, 15) is 19.2 Å². The Balaban J connectivity index is 0.000000205. The molecule has 12 heteroatoms. The van der Waals surface area contributed by atoms with Gasteiger partial charge in [-0.25, -0.2) is 14.5 Å². The smallest absolute Gasteiger partial charge is 0.417 e. The number of benzene rings is 2. The summed E-state index contributed by atoms with van der Waals surface area (Å²) in [7, 11) is 0. The van der Waals surface area contributed by atoms with Gasteiger partial charge < -0.3 is 33.5 Å². The minimum Gasteiger partial charge on any atom is -0.481 e. The summed E-state index contributed by atoms with van der Waals surface area (Å²) in [5.41, 5.74) is 1.93. The fraction of sp³-hybridized carbons (Fsp3) is 0.385. The van der Waals surface area contributed by atoms with E-state index in [0.717, 1.165) is 35.9 Å². The zero-order chi connectivity index (χ0) is 35.7. The van der Waals surface area contributed by atoms with Crippen LogP contribution in [0.5, 0.6) is 0 Å². The molecule has 12 nitrogen and oxygen atoms in total. The van der Waals surface area contributed by atoms with E-state index in [-0.39, 0.29) is 50.5 Å². The molecule has 4 aromatic rings. The van der Waals surface area contributed by atoms with E-state index in [1.165, 1.54) is 24.0 Å². The first kappa shape index (κ1) is 40.1. The lowest BCUT2D eigenvalue weighted by Crippen LogP contribution is -2.37. The first-order valence-electron chi connectivity index (χ1n) is 16.7. The highest BCUT2D eigenvalue weighted by Gasteiger charge is 2.43. The van der Waals surface area contributed by atoms with E-state index in [1.54, 1.807) is 24.5 Å². The third-order valence-electron chi connectivity index (χ3n) is 7.99. The summed E-state index contributed by atoms with van der Waals surface area (Å²) in [5, 5.41) is 11.0. The van der Waals surface area contributed by atoms with Crippen molar-refractivity contribution in [2.75, 3.05) is 13.2 Å². The van der Waals surface area contributed by atoms with E-state index in [2.05, 4.69) is 5.32 Å². The third kappa shape index (κ3) is 12.8. The molecule has 7 rings (SSSR count). The second-order valence-corrected chi connectivity index (χ2v) is 11.8. The van der Waals surface area contributed by atoms with Crippen LogP contribution in [0.15, 0.2) is 106 Å². The minimum absolute atomic E-state index is 0. The van der Waals surface area contributed by atoms with Crippen LogP contribution in [-0.4, -0.2) is 59.4 Å². The standard InChI is InChI=1S/C17H17NO4.C10H11NO2.C7H8O3.C4H8O.CH4/c1-12-16(13-6-3-2-4-7-13)22-17(20)18(12)15(19)10-9-14-8-5-11-21-14;1-7-9(13-10(12)11-7)8-5-3-2-4-6-8;8-7(9)4-3-6-2-1-5-10-6;1-2-4-5-3-1;/h2-8,11-12,16H,9-10H2,1H3;2-7,9H,1H3,(H,11,12);1-2,5H,3-4H2,(H,8,9);1-4H2;1H4/t12-,16-;7-,9-;;;/m00.../s1. The molecular formula is C39H48N2O10. The van der Waals surface area contributed by atoms with Crippen LogP contribution in [0.4, 0.5) is 9.59 Å². The molecule has 0 aliphatic carbocycles. The van der Waals surface area contributed by atoms with Crippen molar-refractivity contribution in [3.63, 3.8) is 0 Å². The largest absolute Gasteiger partial charge is 0.481 e. The summed E-state index contributed by atoms with van der Waals surface area (Å²) in [4.78, 5) is 46.5. The number of rotatable bonds is 8. The zero-order valence-corrected chi connectivity index (χ0v) is 28.3. The molecule has 0 saturated carbocycles. The van der Waals surface area contributed by atoms with Gasteiger partial charge in [-0.05, 0) is 62.1 Å². The average Bonchev–Trinajstić information content (AvgIpc) is 3.98. The number of carbonyl (C=O) groups excluding carboxylic acids is 3. The van der Waals surface area contributed by atoms with Crippen LogP contribution < -0.4 is 5.32 Å². The number of carboxylic acid groups (broad SMARTS) is 1. The summed E-state index contributed by atoms with van der Waals surface area (Å²) in [6.45, 7) is 5.76. The number of alkyl carbamates (subject to hydrolysis) is 1. The number of carbonyl (C=O) groups is 4. The molecule has 2 N–H and O–H groups in total. The number of hydrogen-bond acceptors (Lipinski definition) is 9. The van der Waals surface area contributed by atoms with Crippen LogP contribution in [-0.2, 0) is 36.6 Å². The summed E-state index contributed by atoms with van der Waals surface area (Å²) >= 11 is 0. The quantitative estimate of drug-likeness (QED) is 0.185. The van der Waals surface area contributed by atoms with Crippen molar-refractivity contribution in [1.29, 1.82) is 0 Å². The molecule has 0 bridgehead atoms. The van der Waals surface area contributed by atoms with Crippen molar-refractivity contribution in [2.45, 2.75) is 84.1 Å². The molecule has 0 spiro atoms. The molecule has 274 valence electrons. The molecule has 3 aliphatic heterocycles. The number of furan rings is 2. The SMILES string of the molecule is C.C1CCOC1.C[C@@H]1NC(=O)O[C@@H]1c1ccccc1.C[C@H]1[C@@H](c2ccccc2)OC(=O)N1C(=O)CCc1ccco1.O=C(O)CCc1ccco1. The number of imide groups is 1. The average molecular weight is 705 g/mol. The van der Waals surface area contributed by atoms with Crippen LogP contribution in [0.25, 0.3) is 0 Å². The van der Waals surface area contributed by atoms with Crippen LogP contribution >= 0.6 is 0 Å². The number of cyclic esters (lactones) is 2. The maximum Gasteiger partial charge on any atom is 0.417 e. The number of ether oxygens (including phenoxy) is 3. The van der Waals surface area contributed by atoms with Crippen LogP contribution in [0.1, 0.15) is 81.8 Å². The summed E-state index contributed by atoms with van der Waals surface area (Å²) in [5.74, 6) is 0.416. The Bertz CT molecular complexity index is 1580. The van der Waals surface area contributed by atoms with Gasteiger partial charge in [-0.3, -0.25) is 9.59 Å². The number of carboxylic acids is 1. The van der Waals surface area contributed by atoms with Gasteiger partial charge >= 0.3 is 18.2 Å². The molecule has 0 unspecified atom stereocenters. The van der Waals surface area contributed by atoms with Crippen molar-refractivity contribution in [3.8, 4) is 0 Å². The lowest BCUT2D eigenvalue weighted by molar-refractivity contribution is -0.137. The number of aliphatic carboxylic acids is 1. The molecule has 2 aromatic heterocycles. The molecular weight excluding hydrogens is 656 g/mol. The lowest BCUT2D eigenvalue weighted by Gasteiger charge is -2.19. The maximum atomic E-state index is 12.3. The van der Waals surface area contributed by atoms with E-state index >= 15 is 0 Å². The Morgan fingerprint density at radius 3 is 1.71 bits per heavy atom. The Labute approximate surface area is 298 Å². The first-order valence-corrected chi connectivity index (χ1v) is 16.7. The van der Waals surface area contributed by atoms with E-state index in [0.29, 0.717) is 12.8 Å². The Morgan fingerprint density at radius 1 is 0.745 bits per heavy atom. The Kier molecular flexibility index (Phi) is 16.5. The molecule has 3 fully saturated rings.